The Morgan fingerprint density at radius 1 is 1.44 bits per heavy atom. The van der Waals surface area contributed by atoms with Gasteiger partial charge in [0.2, 0.25) is 0 Å². The van der Waals surface area contributed by atoms with Gasteiger partial charge in [-0.2, -0.15) is 0 Å². The number of nitrogens with one attached hydrogen (secondary N) is 1. The smallest absolute Gasteiger partial charge is 0.0426 e. The molecule has 2 nitrogen and oxygen atoms in total. The molecule has 0 aliphatic heterocycles. The highest BCUT2D eigenvalue weighted by Crippen LogP contribution is 2.25. The number of rotatable bonds is 5. The molecule has 1 N–H and O–H groups in total. The first-order valence-corrected chi connectivity index (χ1v) is 6.31. The van der Waals surface area contributed by atoms with Crippen molar-refractivity contribution in [1.29, 1.82) is 0 Å². The van der Waals surface area contributed by atoms with Crippen molar-refractivity contribution < 1.29 is 0 Å². The normalized spacial score (nSPS) is 15.2. The van der Waals surface area contributed by atoms with E-state index in [1.165, 1.54) is 24.1 Å². The van der Waals surface area contributed by atoms with Crippen LogP contribution in [0.4, 0.5) is 5.69 Å². The first-order chi connectivity index (χ1) is 7.70. The minimum Gasteiger partial charge on any atom is -0.375 e. The van der Waals surface area contributed by atoms with Gasteiger partial charge in [-0.25, -0.2) is 0 Å². The van der Waals surface area contributed by atoms with Crippen molar-refractivity contribution in [2.45, 2.75) is 32.4 Å². The summed E-state index contributed by atoms with van der Waals surface area (Å²) in [7, 11) is 2.10. The summed E-state index contributed by atoms with van der Waals surface area (Å²) in [6, 6.07) is 6.89. The fourth-order valence-corrected chi connectivity index (χ4v) is 1.92. The fourth-order valence-electron chi connectivity index (χ4n) is 1.75. The molecule has 88 valence electrons. The molecule has 16 heavy (non-hydrogen) atoms. The minimum absolute atomic E-state index is 0.746. The third-order valence-electron chi connectivity index (χ3n) is 3.09. The fraction of sp³-hybridized carbons (Fsp3) is 0.538. The summed E-state index contributed by atoms with van der Waals surface area (Å²) >= 11 is 6.05. The second kappa shape index (κ2) is 5.07. The van der Waals surface area contributed by atoms with Crippen LogP contribution in [-0.2, 0) is 6.54 Å². The molecule has 1 aromatic carbocycles. The number of hydrogen-bond acceptors (Lipinski definition) is 2. The van der Waals surface area contributed by atoms with Crippen molar-refractivity contribution in [3.05, 3.63) is 28.8 Å². The lowest BCUT2D eigenvalue weighted by atomic mass is 10.1. The Hall–Kier alpha value is -0.730. The number of anilines is 1. The lowest BCUT2D eigenvalue weighted by molar-refractivity contribution is 0.686. The molecular weight excluding hydrogens is 220 g/mol. The van der Waals surface area contributed by atoms with Crippen LogP contribution in [0.3, 0.4) is 0 Å². The highest BCUT2D eigenvalue weighted by Gasteiger charge is 2.20. The average molecular weight is 239 g/mol. The second-order valence-corrected chi connectivity index (χ2v) is 4.88. The number of nitrogens with zero attached hydrogens (tertiary/aromatic N) is 1. The highest BCUT2D eigenvalue weighted by atomic mass is 35.5. The lowest BCUT2D eigenvalue weighted by Gasteiger charge is -2.21. The van der Waals surface area contributed by atoms with Crippen molar-refractivity contribution in [2.75, 3.05) is 18.5 Å². The quantitative estimate of drug-likeness (QED) is 0.848. The van der Waals surface area contributed by atoms with E-state index in [4.69, 9.17) is 11.6 Å². The molecule has 0 unspecified atom stereocenters. The van der Waals surface area contributed by atoms with E-state index in [1.54, 1.807) is 0 Å². The maximum atomic E-state index is 6.05. The van der Waals surface area contributed by atoms with Gasteiger partial charge < -0.3 is 10.2 Å². The molecule has 0 saturated heterocycles. The first kappa shape index (κ1) is 11.7. The molecule has 0 spiro atoms. The monoisotopic (exact) mass is 238 g/mol. The van der Waals surface area contributed by atoms with E-state index >= 15 is 0 Å². The molecule has 1 fully saturated rings. The summed E-state index contributed by atoms with van der Waals surface area (Å²) in [5.74, 6) is 0. The van der Waals surface area contributed by atoms with Crippen molar-refractivity contribution >= 4 is 17.3 Å². The molecule has 0 atom stereocenters. The minimum atomic E-state index is 0.746. The van der Waals surface area contributed by atoms with Gasteiger partial charge in [-0.15, -0.1) is 0 Å². The predicted molar refractivity (Wildman–Crippen MR) is 70.3 cm³/mol. The third-order valence-corrected chi connectivity index (χ3v) is 3.33. The zero-order valence-electron chi connectivity index (χ0n) is 9.96. The molecule has 3 heteroatoms. The number of benzene rings is 1. The zero-order chi connectivity index (χ0) is 11.5. The summed E-state index contributed by atoms with van der Waals surface area (Å²) in [6.45, 7) is 4.09. The van der Waals surface area contributed by atoms with E-state index in [0.717, 1.165) is 24.2 Å². The third kappa shape index (κ3) is 2.89. The van der Waals surface area contributed by atoms with Crippen molar-refractivity contribution in [1.82, 2.24) is 5.32 Å². The second-order valence-electron chi connectivity index (χ2n) is 4.44. The van der Waals surface area contributed by atoms with Crippen LogP contribution in [0.5, 0.6) is 0 Å². The van der Waals surface area contributed by atoms with Crippen LogP contribution in [0.2, 0.25) is 5.02 Å². The van der Waals surface area contributed by atoms with Crippen LogP contribution in [0.25, 0.3) is 0 Å². The summed E-state index contributed by atoms with van der Waals surface area (Å²) in [4.78, 5) is 2.23. The van der Waals surface area contributed by atoms with Crippen LogP contribution in [0.15, 0.2) is 18.2 Å². The van der Waals surface area contributed by atoms with Crippen LogP contribution >= 0.6 is 11.6 Å². The van der Waals surface area contributed by atoms with Crippen LogP contribution < -0.4 is 10.2 Å². The zero-order valence-corrected chi connectivity index (χ0v) is 10.7. The van der Waals surface area contributed by atoms with Crippen LogP contribution in [0.1, 0.15) is 25.3 Å². The Morgan fingerprint density at radius 2 is 2.19 bits per heavy atom. The summed E-state index contributed by atoms with van der Waals surface area (Å²) in [5.41, 5.74) is 2.57. The summed E-state index contributed by atoms with van der Waals surface area (Å²) < 4.78 is 0. The van der Waals surface area contributed by atoms with Crippen LogP contribution in [0, 0.1) is 0 Å². The van der Waals surface area contributed by atoms with Gasteiger partial charge in [0.05, 0.1) is 0 Å². The predicted octanol–water partition coefficient (Wildman–Crippen LogP) is 3.05. The maximum absolute atomic E-state index is 6.05. The summed E-state index contributed by atoms with van der Waals surface area (Å²) in [5, 5.41) is 4.35. The SMILES string of the molecule is CCN(C)c1cc(Cl)ccc1CNC1CC1. The van der Waals surface area contributed by atoms with E-state index in [0.29, 0.717) is 0 Å². The number of halogens is 1. The Balaban J connectivity index is 2.13. The number of hydrogen-bond donors (Lipinski definition) is 1. The van der Waals surface area contributed by atoms with Crippen molar-refractivity contribution in [3.8, 4) is 0 Å². The molecule has 1 saturated carbocycles. The molecule has 0 radical (unpaired) electrons. The van der Waals surface area contributed by atoms with Crippen LogP contribution in [-0.4, -0.2) is 19.6 Å². The molecule has 1 aromatic rings. The van der Waals surface area contributed by atoms with Crippen molar-refractivity contribution in [2.24, 2.45) is 0 Å². The molecule has 1 aliphatic carbocycles. The largest absolute Gasteiger partial charge is 0.375 e. The molecule has 0 aromatic heterocycles. The molecule has 1 aliphatic rings. The highest BCUT2D eigenvalue weighted by molar-refractivity contribution is 6.30. The van der Waals surface area contributed by atoms with Gasteiger partial charge in [-0.1, -0.05) is 17.7 Å². The van der Waals surface area contributed by atoms with E-state index in [-0.39, 0.29) is 0 Å². The Kier molecular flexibility index (Phi) is 3.72. The van der Waals surface area contributed by atoms with Gasteiger partial charge >= 0.3 is 0 Å². The van der Waals surface area contributed by atoms with E-state index in [9.17, 15) is 0 Å². The first-order valence-electron chi connectivity index (χ1n) is 5.93. The molecule has 2 rings (SSSR count). The molecule has 0 heterocycles. The van der Waals surface area contributed by atoms with E-state index < -0.39 is 0 Å². The topological polar surface area (TPSA) is 15.3 Å². The maximum Gasteiger partial charge on any atom is 0.0426 e. The van der Waals surface area contributed by atoms with Crippen molar-refractivity contribution in [3.63, 3.8) is 0 Å². The van der Waals surface area contributed by atoms with E-state index in [2.05, 4.69) is 36.3 Å². The van der Waals surface area contributed by atoms with Gasteiger partial charge in [0, 0.05) is 36.9 Å². The summed E-state index contributed by atoms with van der Waals surface area (Å²) in [6.07, 6.45) is 2.65. The Bertz CT molecular complexity index is 361. The van der Waals surface area contributed by atoms with Gasteiger partial charge in [-0.05, 0) is 37.5 Å². The molecule has 0 amide bonds. The standard InChI is InChI=1S/C13H19ClN2/c1-3-16(2)13-8-11(14)5-4-10(13)9-15-12-6-7-12/h4-5,8,12,15H,3,6-7,9H2,1-2H3. The van der Waals surface area contributed by atoms with Gasteiger partial charge in [0.15, 0.2) is 0 Å². The van der Waals surface area contributed by atoms with E-state index in [1.807, 2.05) is 6.07 Å². The molecule has 0 bridgehead atoms. The lowest BCUT2D eigenvalue weighted by Crippen LogP contribution is -2.21. The van der Waals surface area contributed by atoms with Gasteiger partial charge in [0.1, 0.15) is 0 Å². The average Bonchev–Trinajstić information content (AvgIpc) is 3.10. The van der Waals surface area contributed by atoms with Gasteiger partial charge in [0.25, 0.3) is 0 Å². The molecular formula is C13H19ClN2. The Labute approximate surface area is 103 Å². The Morgan fingerprint density at radius 3 is 2.81 bits per heavy atom. The van der Waals surface area contributed by atoms with Gasteiger partial charge in [-0.3, -0.25) is 0 Å².